The van der Waals surface area contributed by atoms with Gasteiger partial charge >= 0.3 is 0 Å². The summed E-state index contributed by atoms with van der Waals surface area (Å²) in [6, 6.07) is 0. The van der Waals surface area contributed by atoms with E-state index >= 15 is 0 Å². The van der Waals surface area contributed by atoms with Crippen molar-refractivity contribution >= 4 is 5.91 Å². The number of hydrogen-bond acceptors (Lipinski definition) is 4. The maximum atomic E-state index is 11.7. The van der Waals surface area contributed by atoms with Crippen LogP contribution in [0.15, 0.2) is 16.6 Å². The van der Waals surface area contributed by atoms with Crippen LogP contribution in [0.4, 0.5) is 0 Å². The Morgan fingerprint density at radius 2 is 1.74 bits per heavy atom. The van der Waals surface area contributed by atoms with Crippen LogP contribution >= 0.6 is 0 Å². The molecule has 1 amide bonds. The minimum Gasteiger partial charge on any atom is -0.425 e. The highest BCUT2D eigenvalue weighted by Crippen LogP contribution is 2.40. The first-order valence-electron chi connectivity index (χ1n) is 7.03. The van der Waals surface area contributed by atoms with Gasteiger partial charge in [0.25, 0.3) is 0 Å². The maximum absolute atomic E-state index is 11.7. The summed E-state index contributed by atoms with van der Waals surface area (Å²) in [7, 11) is 0. The number of amides is 1. The van der Waals surface area contributed by atoms with Crippen molar-refractivity contribution in [3.63, 3.8) is 0 Å². The fraction of sp³-hybridized carbons (Fsp3) is 0.643. The van der Waals surface area contributed by atoms with Gasteiger partial charge in [0, 0.05) is 24.9 Å². The SMILES string of the molecule is CC=CC(=O)N1CCC(c2nnc(C3CC3)o2)CC1. The number of piperidine rings is 1. The van der Waals surface area contributed by atoms with Crippen molar-refractivity contribution in [2.45, 2.75) is 44.4 Å². The predicted octanol–water partition coefficient (Wildman–Crippen LogP) is 2.23. The summed E-state index contributed by atoms with van der Waals surface area (Å²) in [5.41, 5.74) is 0. The van der Waals surface area contributed by atoms with Crippen molar-refractivity contribution in [1.29, 1.82) is 0 Å². The van der Waals surface area contributed by atoms with E-state index in [1.54, 1.807) is 12.2 Å². The zero-order valence-corrected chi connectivity index (χ0v) is 11.2. The fourth-order valence-corrected chi connectivity index (χ4v) is 2.50. The van der Waals surface area contributed by atoms with Crippen molar-refractivity contribution < 1.29 is 9.21 Å². The standard InChI is InChI=1S/C14H19N3O2/c1-2-3-12(18)17-8-6-11(7-9-17)14-16-15-13(19-14)10-4-5-10/h2-3,10-11H,4-9H2,1H3. The Bertz CT molecular complexity index is 483. The highest BCUT2D eigenvalue weighted by molar-refractivity contribution is 5.87. The summed E-state index contributed by atoms with van der Waals surface area (Å²) in [5, 5.41) is 8.30. The minimum absolute atomic E-state index is 0.102. The van der Waals surface area contributed by atoms with Gasteiger partial charge in [0.05, 0.1) is 0 Å². The summed E-state index contributed by atoms with van der Waals surface area (Å²) >= 11 is 0. The molecule has 0 aromatic carbocycles. The van der Waals surface area contributed by atoms with Gasteiger partial charge in [0.15, 0.2) is 0 Å². The van der Waals surface area contributed by atoms with Crippen molar-refractivity contribution in [3.05, 3.63) is 23.9 Å². The Labute approximate surface area is 112 Å². The Morgan fingerprint density at radius 3 is 2.26 bits per heavy atom. The van der Waals surface area contributed by atoms with E-state index in [1.807, 2.05) is 11.8 Å². The third kappa shape index (κ3) is 2.69. The molecule has 1 saturated carbocycles. The largest absolute Gasteiger partial charge is 0.425 e. The lowest BCUT2D eigenvalue weighted by atomic mass is 9.97. The lowest BCUT2D eigenvalue weighted by Crippen LogP contribution is -2.36. The van der Waals surface area contributed by atoms with Gasteiger partial charge in [-0.05, 0) is 38.7 Å². The Balaban J connectivity index is 1.58. The van der Waals surface area contributed by atoms with Crippen LogP contribution in [0.2, 0.25) is 0 Å². The highest BCUT2D eigenvalue weighted by atomic mass is 16.4. The van der Waals surface area contributed by atoms with E-state index < -0.39 is 0 Å². The third-order valence-corrected chi connectivity index (χ3v) is 3.85. The van der Waals surface area contributed by atoms with E-state index in [1.165, 1.54) is 12.8 Å². The number of carbonyl (C=O) groups excluding carboxylic acids is 1. The van der Waals surface area contributed by atoms with E-state index in [0.717, 1.165) is 37.7 Å². The molecule has 19 heavy (non-hydrogen) atoms. The molecule has 0 unspecified atom stereocenters. The number of nitrogens with zero attached hydrogens (tertiary/aromatic N) is 3. The number of hydrogen-bond donors (Lipinski definition) is 0. The molecule has 1 aliphatic carbocycles. The number of allylic oxidation sites excluding steroid dienone is 1. The fourth-order valence-electron chi connectivity index (χ4n) is 2.50. The Kier molecular flexibility index (Phi) is 3.36. The van der Waals surface area contributed by atoms with Gasteiger partial charge < -0.3 is 9.32 Å². The van der Waals surface area contributed by atoms with Gasteiger partial charge in [-0.25, -0.2) is 0 Å². The molecule has 0 spiro atoms. The zero-order valence-electron chi connectivity index (χ0n) is 11.2. The van der Waals surface area contributed by atoms with Crippen LogP contribution in [0.1, 0.15) is 56.2 Å². The van der Waals surface area contributed by atoms with E-state index in [9.17, 15) is 4.79 Å². The summed E-state index contributed by atoms with van der Waals surface area (Å²) in [5.74, 6) is 2.50. The summed E-state index contributed by atoms with van der Waals surface area (Å²) in [6.45, 7) is 3.41. The monoisotopic (exact) mass is 261 g/mol. The van der Waals surface area contributed by atoms with Crippen LogP contribution in [-0.4, -0.2) is 34.1 Å². The molecule has 1 aliphatic heterocycles. The van der Waals surface area contributed by atoms with Gasteiger partial charge in [-0.3, -0.25) is 4.79 Å². The second-order valence-corrected chi connectivity index (χ2v) is 5.35. The molecule has 1 saturated heterocycles. The van der Waals surface area contributed by atoms with Gasteiger partial charge in [0.1, 0.15) is 0 Å². The second kappa shape index (κ2) is 5.15. The third-order valence-electron chi connectivity index (χ3n) is 3.85. The molecule has 2 heterocycles. The van der Waals surface area contributed by atoms with E-state index in [-0.39, 0.29) is 5.91 Å². The van der Waals surface area contributed by atoms with Crippen molar-refractivity contribution in [1.82, 2.24) is 15.1 Å². The van der Waals surface area contributed by atoms with Crippen LogP contribution in [-0.2, 0) is 4.79 Å². The first-order chi connectivity index (χ1) is 9.28. The quantitative estimate of drug-likeness (QED) is 0.783. The molecular formula is C14H19N3O2. The lowest BCUT2D eigenvalue weighted by Gasteiger charge is -2.29. The Morgan fingerprint density at radius 1 is 1.16 bits per heavy atom. The molecule has 0 radical (unpaired) electrons. The molecule has 0 N–H and O–H groups in total. The van der Waals surface area contributed by atoms with Crippen LogP contribution in [0.25, 0.3) is 0 Å². The average molecular weight is 261 g/mol. The van der Waals surface area contributed by atoms with Gasteiger partial charge in [-0.15, -0.1) is 10.2 Å². The van der Waals surface area contributed by atoms with E-state index in [4.69, 9.17) is 4.42 Å². The Hall–Kier alpha value is -1.65. The molecule has 1 aromatic heterocycles. The van der Waals surface area contributed by atoms with Crippen LogP contribution in [0.3, 0.4) is 0 Å². The van der Waals surface area contributed by atoms with Crippen LogP contribution < -0.4 is 0 Å². The topological polar surface area (TPSA) is 59.2 Å². The summed E-state index contributed by atoms with van der Waals surface area (Å²) < 4.78 is 5.75. The van der Waals surface area contributed by atoms with Gasteiger partial charge in [-0.2, -0.15) is 0 Å². The maximum Gasteiger partial charge on any atom is 0.246 e. The smallest absolute Gasteiger partial charge is 0.246 e. The highest BCUT2D eigenvalue weighted by Gasteiger charge is 2.32. The van der Waals surface area contributed by atoms with Crippen molar-refractivity contribution in [3.8, 4) is 0 Å². The second-order valence-electron chi connectivity index (χ2n) is 5.35. The van der Waals surface area contributed by atoms with E-state index in [0.29, 0.717) is 11.8 Å². The molecule has 5 nitrogen and oxygen atoms in total. The molecule has 2 aliphatic rings. The average Bonchev–Trinajstić information content (AvgIpc) is 3.17. The zero-order chi connectivity index (χ0) is 13.2. The normalized spacial score (nSPS) is 21.2. The molecule has 1 aromatic rings. The number of aromatic nitrogens is 2. The molecule has 3 rings (SSSR count). The first kappa shape index (κ1) is 12.4. The predicted molar refractivity (Wildman–Crippen MR) is 69.6 cm³/mol. The number of likely N-dealkylation sites (tertiary alicyclic amines) is 1. The van der Waals surface area contributed by atoms with Crippen molar-refractivity contribution in [2.24, 2.45) is 0 Å². The van der Waals surface area contributed by atoms with E-state index in [2.05, 4.69) is 10.2 Å². The lowest BCUT2D eigenvalue weighted by molar-refractivity contribution is -0.127. The molecule has 0 atom stereocenters. The first-order valence-corrected chi connectivity index (χ1v) is 7.03. The van der Waals surface area contributed by atoms with Crippen LogP contribution in [0, 0.1) is 0 Å². The molecular weight excluding hydrogens is 242 g/mol. The molecule has 102 valence electrons. The van der Waals surface area contributed by atoms with Gasteiger partial charge in [0.2, 0.25) is 17.7 Å². The van der Waals surface area contributed by atoms with Crippen molar-refractivity contribution in [2.75, 3.05) is 13.1 Å². The summed E-state index contributed by atoms with van der Waals surface area (Å²) in [6.07, 6.45) is 7.59. The molecule has 0 bridgehead atoms. The molecule has 5 heteroatoms. The molecule has 2 fully saturated rings. The number of rotatable bonds is 3. The minimum atomic E-state index is 0.102. The van der Waals surface area contributed by atoms with Gasteiger partial charge in [-0.1, -0.05) is 6.08 Å². The van der Waals surface area contributed by atoms with Crippen LogP contribution in [0.5, 0.6) is 0 Å². The summed E-state index contributed by atoms with van der Waals surface area (Å²) in [4.78, 5) is 13.6. The number of carbonyl (C=O) groups is 1.